The maximum atomic E-state index is 12.6. The quantitative estimate of drug-likeness (QED) is 0.394. The van der Waals surface area contributed by atoms with E-state index in [0.717, 1.165) is 4.90 Å². The number of hydrogen-bond donors (Lipinski definition) is 1. The summed E-state index contributed by atoms with van der Waals surface area (Å²) in [5.74, 6) is -3.45. The standard InChI is InChI=1S/C14H22N2O6S.Na/c1-13(2,3)12(20)15-6-7-9(17)16-8(11(18)19)14(4,5)23(21,22)10(7)16;/h7-8,10H,6H2,1-5H3,(H,15,20)(H,18,19);/q;+1/p-1/t7-,8+,10-;/m1./s1. The first-order valence-electron chi connectivity index (χ1n) is 7.29. The number of carbonyl (C=O) groups is 3. The Bertz CT molecular complexity index is 682. The monoisotopic (exact) mass is 368 g/mol. The van der Waals surface area contributed by atoms with Gasteiger partial charge in [-0.1, -0.05) is 20.8 Å². The van der Waals surface area contributed by atoms with E-state index in [1.54, 1.807) is 20.8 Å². The predicted octanol–water partition coefficient (Wildman–Crippen LogP) is -4.74. The number of amides is 2. The van der Waals surface area contributed by atoms with Gasteiger partial charge < -0.3 is 20.1 Å². The fraction of sp³-hybridized carbons (Fsp3) is 0.786. The summed E-state index contributed by atoms with van der Waals surface area (Å²) >= 11 is 0. The zero-order chi connectivity index (χ0) is 18.0. The number of β-lactam (4-membered cyclic amide) rings is 1. The van der Waals surface area contributed by atoms with Crippen LogP contribution in [0.15, 0.2) is 0 Å². The molecule has 0 saturated carbocycles. The van der Waals surface area contributed by atoms with Crippen LogP contribution in [0.25, 0.3) is 0 Å². The summed E-state index contributed by atoms with van der Waals surface area (Å²) in [6, 6.07) is -1.51. The minimum atomic E-state index is -3.89. The molecule has 0 aromatic heterocycles. The number of carboxylic acids is 1. The molecule has 2 heterocycles. The van der Waals surface area contributed by atoms with Gasteiger partial charge in [0.1, 0.15) is 5.37 Å². The van der Waals surface area contributed by atoms with Crippen molar-refractivity contribution in [1.82, 2.24) is 10.2 Å². The van der Waals surface area contributed by atoms with Gasteiger partial charge in [-0.3, -0.25) is 9.59 Å². The Morgan fingerprint density at radius 2 is 1.79 bits per heavy atom. The van der Waals surface area contributed by atoms with Gasteiger partial charge in [0, 0.05) is 12.0 Å². The van der Waals surface area contributed by atoms with Crippen LogP contribution in [0.2, 0.25) is 0 Å². The summed E-state index contributed by atoms with van der Waals surface area (Å²) in [5, 5.41) is 12.6. The third-order valence-electron chi connectivity index (χ3n) is 4.56. The second kappa shape index (κ2) is 6.26. The number of nitrogens with one attached hydrogen (secondary N) is 1. The minimum absolute atomic E-state index is 0. The van der Waals surface area contributed by atoms with Crippen LogP contribution in [-0.4, -0.2) is 53.8 Å². The molecule has 0 bridgehead atoms. The van der Waals surface area contributed by atoms with Crippen LogP contribution in [0.5, 0.6) is 0 Å². The Kier molecular flexibility index (Phi) is 5.59. The molecule has 2 amide bonds. The summed E-state index contributed by atoms with van der Waals surface area (Å²) in [5.41, 5.74) is -0.673. The normalized spacial score (nSPS) is 30.0. The van der Waals surface area contributed by atoms with Crippen LogP contribution in [0.4, 0.5) is 0 Å². The third kappa shape index (κ3) is 2.89. The van der Waals surface area contributed by atoms with Crippen LogP contribution < -0.4 is 40.0 Å². The molecule has 0 unspecified atom stereocenters. The van der Waals surface area contributed by atoms with E-state index in [1.807, 2.05) is 0 Å². The summed E-state index contributed by atoms with van der Waals surface area (Å²) < 4.78 is 23.6. The molecule has 0 radical (unpaired) electrons. The number of sulfone groups is 1. The van der Waals surface area contributed by atoms with E-state index < -0.39 is 49.2 Å². The molecule has 0 aliphatic carbocycles. The first-order valence-corrected chi connectivity index (χ1v) is 8.84. The van der Waals surface area contributed by atoms with E-state index >= 15 is 0 Å². The van der Waals surface area contributed by atoms with Gasteiger partial charge in [-0.15, -0.1) is 0 Å². The first-order chi connectivity index (χ1) is 10.2. The number of hydrogen-bond acceptors (Lipinski definition) is 6. The van der Waals surface area contributed by atoms with Gasteiger partial charge in [-0.2, -0.15) is 0 Å². The van der Waals surface area contributed by atoms with Crippen molar-refractivity contribution in [3.8, 4) is 0 Å². The van der Waals surface area contributed by atoms with Gasteiger partial charge >= 0.3 is 29.6 Å². The molecule has 24 heavy (non-hydrogen) atoms. The van der Waals surface area contributed by atoms with Crippen LogP contribution in [-0.2, 0) is 24.2 Å². The molecule has 3 atom stereocenters. The largest absolute Gasteiger partial charge is 1.00 e. The first kappa shape index (κ1) is 21.4. The van der Waals surface area contributed by atoms with Crippen molar-refractivity contribution >= 4 is 27.6 Å². The number of fused-ring (bicyclic) bond motifs is 1. The number of aliphatic carboxylic acids is 1. The van der Waals surface area contributed by atoms with Gasteiger partial charge in [0.15, 0.2) is 9.84 Å². The Balaban J connectivity index is 0.00000288. The van der Waals surface area contributed by atoms with Crippen molar-refractivity contribution in [2.45, 2.75) is 50.8 Å². The van der Waals surface area contributed by atoms with Crippen LogP contribution >= 0.6 is 0 Å². The fourth-order valence-corrected chi connectivity index (χ4v) is 5.36. The van der Waals surface area contributed by atoms with Crippen molar-refractivity contribution in [3.05, 3.63) is 0 Å². The maximum absolute atomic E-state index is 12.6. The number of nitrogens with zero attached hydrogens (tertiary/aromatic N) is 1. The molecule has 130 valence electrons. The van der Waals surface area contributed by atoms with E-state index in [1.165, 1.54) is 13.8 Å². The predicted molar refractivity (Wildman–Crippen MR) is 78.4 cm³/mol. The van der Waals surface area contributed by atoms with Gasteiger partial charge in [0.25, 0.3) is 0 Å². The molecular weight excluding hydrogens is 347 g/mol. The average molecular weight is 368 g/mol. The Labute approximate surface area is 163 Å². The van der Waals surface area contributed by atoms with Gasteiger partial charge in [-0.25, -0.2) is 8.42 Å². The fourth-order valence-electron chi connectivity index (χ4n) is 3.05. The molecule has 0 aromatic rings. The molecule has 2 saturated heterocycles. The van der Waals surface area contributed by atoms with E-state index in [0.29, 0.717) is 0 Å². The molecule has 0 spiro atoms. The molecular formula is C14H21N2NaO6S. The molecule has 0 aromatic carbocycles. The third-order valence-corrected chi connectivity index (χ3v) is 7.45. The Morgan fingerprint density at radius 1 is 1.29 bits per heavy atom. The number of rotatable bonds is 3. The van der Waals surface area contributed by atoms with Crippen molar-refractivity contribution in [2.24, 2.45) is 11.3 Å². The summed E-state index contributed by atoms with van der Waals surface area (Å²) in [6.45, 7) is 7.50. The zero-order valence-corrected chi connectivity index (χ0v) is 17.6. The SMILES string of the molecule is CC(C)(C)C(=O)NC[C@@H]1C(=O)N2[C@@H](C(=O)[O-])C(C)(C)S(=O)(=O)[C@H]12.[Na+]. The zero-order valence-electron chi connectivity index (χ0n) is 14.7. The maximum Gasteiger partial charge on any atom is 1.00 e. The van der Waals surface area contributed by atoms with Crippen molar-refractivity contribution < 1.29 is 57.5 Å². The Hall–Kier alpha value is -0.640. The summed E-state index contributed by atoms with van der Waals surface area (Å²) in [4.78, 5) is 36.3. The number of carboxylic acid groups (broad SMARTS) is 1. The minimum Gasteiger partial charge on any atom is -0.548 e. The van der Waals surface area contributed by atoms with Crippen LogP contribution in [0, 0.1) is 11.3 Å². The molecule has 2 fully saturated rings. The molecule has 2 rings (SSSR count). The number of carbonyl (C=O) groups excluding carboxylic acids is 3. The van der Waals surface area contributed by atoms with E-state index in [4.69, 9.17) is 0 Å². The molecule has 1 N–H and O–H groups in total. The van der Waals surface area contributed by atoms with Crippen molar-refractivity contribution in [3.63, 3.8) is 0 Å². The second-order valence-electron chi connectivity index (χ2n) is 7.57. The van der Waals surface area contributed by atoms with Gasteiger partial charge in [0.2, 0.25) is 11.8 Å². The smallest absolute Gasteiger partial charge is 0.548 e. The molecule has 10 heteroatoms. The van der Waals surface area contributed by atoms with Crippen molar-refractivity contribution in [1.29, 1.82) is 0 Å². The summed E-state index contributed by atoms with van der Waals surface area (Å²) in [7, 11) is -3.89. The molecule has 8 nitrogen and oxygen atoms in total. The van der Waals surface area contributed by atoms with Gasteiger partial charge in [-0.05, 0) is 13.8 Å². The topological polar surface area (TPSA) is 124 Å². The Morgan fingerprint density at radius 3 is 2.21 bits per heavy atom. The van der Waals surface area contributed by atoms with Crippen molar-refractivity contribution in [2.75, 3.05) is 6.54 Å². The van der Waals surface area contributed by atoms with E-state index in [2.05, 4.69) is 5.32 Å². The van der Waals surface area contributed by atoms with Gasteiger partial charge in [0.05, 0.1) is 22.7 Å². The van der Waals surface area contributed by atoms with E-state index in [-0.39, 0.29) is 42.0 Å². The van der Waals surface area contributed by atoms with Crippen LogP contribution in [0.1, 0.15) is 34.6 Å². The molecule has 2 aliphatic rings. The average Bonchev–Trinajstić information content (AvgIpc) is 2.51. The second-order valence-corrected chi connectivity index (χ2v) is 10.2. The van der Waals surface area contributed by atoms with E-state index in [9.17, 15) is 27.9 Å². The van der Waals surface area contributed by atoms with Crippen LogP contribution in [0.3, 0.4) is 0 Å². The molecule has 2 aliphatic heterocycles. The summed E-state index contributed by atoms with van der Waals surface area (Å²) in [6.07, 6.45) is 0.